The topological polar surface area (TPSA) is 65.4 Å². The molecule has 2 aromatic heterocycles. The first kappa shape index (κ1) is 16.7. The molecular formula is C20H23N5O. The van der Waals surface area contributed by atoms with E-state index < -0.39 is 0 Å². The Hall–Kier alpha value is -2.73. The predicted molar refractivity (Wildman–Crippen MR) is 103 cm³/mol. The predicted octanol–water partition coefficient (Wildman–Crippen LogP) is 2.62. The summed E-state index contributed by atoms with van der Waals surface area (Å²) in [7, 11) is 2.00. The van der Waals surface area contributed by atoms with Gasteiger partial charge in [0.1, 0.15) is 5.82 Å². The second kappa shape index (κ2) is 7.25. The molecule has 0 amide bonds. The highest BCUT2D eigenvalue weighted by Gasteiger charge is 2.19. The molecule has 0 saturated carbocycles. The molecule has 4 rings (SSSR count). The molecule has 0 radical (unpaired) electrons. The Morgan fingerprint density at radius 3 is 3.04 bits per heavy atom. The standard InChI is InChI=1S/C20H23N5O/c1-24(13-16-5-2-4-15-12-21-9-7-18(15)16)20-22-10-8-19(23-20)25-11-3-6-17(26)14-25/h2,4-5,7-10,12,17,26H,3,6,11,13-14H2,1H3. The maximum Gasteiger partial charge on any atom is 0.227 e. The molecule has 1 N–H and O–H groups in total. The zero-order chi connectivity index (χ0) is 17.9. The van der Waals surface area contributed by atoms with Crippen molar-refractivity contribution in [2.24, 2.45) is 0 Å². The fraction of sp³-hybridized carbons (Fsp3) is 0.350. The van der Waals surface area contributed by atoms with Crippen molar-refractivity contribution in [1.82, 2.24) is 15.0 Å². The average Bonchev–Trinajstić information content (AvgIpc) is 2.68. The highest BCUT2D eigenvalue weighted by atomic mass is 16.3. The summed E-state index contributed by atoms with van der Waals surface area (Å²) in [5, 5.41) is 12.2. The number of fused-ring (bicyclic) bond motifs is 1. The van der Waals surface area contributed by atoms with Crippen LogP contribution < -0.4 is 9.80 Å². The summed E-state index contributed by atoms with van der Waals surface area (Å²) in [6.07, 6.45) is 7.08. The number of aliphatic hydroxyl groups is 1. The van der Waals surface area contributed by atoms with Crippen molar-refractivity contribution in [3.63, 3.8) is 0 Å². The quantitative estimate of drug-likeness (QED) is 0.781. The third-order valence-electron chi connectivity index (χ3n) is 4.87. The Labute approximate surface area is 153 Å². The first-order valence-electron chi connectivity index (χ1n) is 8.99. The van der Waals surface area contributed by atoms with Crippen LogP contribution in [0.1, 0.15) is 18.4 Å². The van der Waals surface area contributed by atoms with Crippen molar-refractivity contribution in [2.45, 2.75) is 25.5 Å². The smallest absolute Gasteiger partial charge is 0.227 e. The van der Waals surface area contributed by atoms with Crippen LogP contribution in [0.2, 0.25) is 0 Å². The van der Waals surface area contributed by atoms with E-state index in [0.717, 1.165) is 30.6 Å². The van der Waals surface area contributed by atoms with E-state index in [0.29, 0.717) is 19.0 Å². The molecule has 0 spiro atoms. The van der Waals surface area contributed by atoms with Crippen molar-refractivity contribution < 1.29 is 5.11 Å². The van der Waals surface area contributed by atoms with Crippen LogP contribution in [0, 0.1) is 0 Å². The Kier molecular flexibility index (Phi) is 4.67. The van der Waals surface area contributed by atoms with Crippen LogP contribution in [0.4, 0.5) is 11.8 Å². The largest absolute Gasteiger partial charge is 0.391 e. The Bertz CT molecular complexity index is 895. The van der Waals surface area contributed by atoms with Gasteiger partial charge < -0.3 is 14.9 Å². The van der Waals surface area contributed by atoms with Gasteiger partial charge in [-0.05, 0) is 35.9 Å². The molecule has 0 bridgehead atoms. The Morgan fingerprint density at radius 2 is 2.15 bits per heavy atom. The second-order valence-corrected chi connectivity index (χ2v) is 6.83. The molecule has 1 aliphatic heterocycles. The number of rotatable bonds is 4. The molecule has 1 saturated heterocycles. The van der Waals surface area contributed by atoms with Gasteiger partial charge in [-0.15, -0.1) is 0 Å². The minimum atomic E-state index is -0.274. The van der Waals surface area contributed by atoms with Crippen LogP contribution in [0.25, 0.3) is 10.8 Å². The van der Waals surface area contributed by atoms with E-state index in [-0.39, 0.29) is 6.10 Å². The summed E-state index contributed by atoms with van der Waals surface area (Å²) in [5.41, 5.74) is 1.22. The number of benzene rings is 1. The number of nitrogens with zero attached hydrogens (tertiary/aromatic N) is 5. The summed E-state index contributed by atoms with van der Waals surface area (Å²) < 4.78 is 0. The number of aliphatic hydroxyl groups excluding tert-OH is 1. The van der Waals surface area contributed by atoms with E-state index in [1.165, 1.54) is 10.9 Å². The number of anilines is 2. The first-order chi connectivity index (χ1) is 12.7. The maximum atomic E-state index is 9.91. The number of pyridine rings is 1. The van der Waals surface area contributed by atoms with Crippen LogP contribution >= 0.6 is 0 Å². The van der Waals surface area contributed by atoms with E-state index >= 15 is 0 Å². The highest BCUT2D eigenvalue weighted by molar-refractivity contribution is 5.84. The molecule has 1 aliphatic rings. The Morgan fingerprint density at radius 1 is 1.23 bits per heavy atom. The molecule has 3 aromatic rings. The van der Waals surface area contributed by atoms with Gasteiger partial charge in [-0.2, -0.15) is 4.98 Å². The zero-order valence-corrected chi connectivity index (χ0v) is 14.9. The van der Waals surface area contributed by atoms with Crippen molar-refractivity contribution in [3.05, 3.63) is 54.5 Å². The first-order valence-corrected chi connectivity index (χ1v) is 8.99. The van der Waals surface area contributed by atoms with Crippen LogP contribution in [0.3, 0.4) is 0 Å². The molecule has 1 unspecified atom stereocenters. The van der Waals surface area contributed by atoms with Gasteiger partial charge in [0.15, 0.2) is 0 Å². The lowest BCUT2D eigenvalue weighted by Gasteiger charge is -2.31. The van der Waals surface area contributed by atoms with E-state index in [1.54, 1.807) is 6.20 Å². The zero-order valence-electron chi connectivity index (χ0n) is 14.9. The van der Waals surface area contributed by atoms with Crippen LogP contribution in [-0.4, -0.2) is 46.3 Å². The van der Waals surface area contributed by atoms with Crippen molar-refractivity contribution in [2.75, 3.05) is 29.9 Å². The molecule has 1 fully saturated rings. The summed E-state index contributed by atoms with van der Waals surface area (Å²) in [5.74, 6) is 1.57. The monoisotopic (exact) mass is 349 g/mol. The van der Waals surface area contributed by atoms with Gasteiger partial charge in [-0.25, -0.2) is 4.98 Å². The Balaban J connectivity index is 1.56. The number of hydrogen-bond donors (Lipinski definition) is 1. The molecule has 3 heterocycles. The van der Waals surface area contributed by atoms with Gasteiger partial charge in [-0.3, -0.25) is 4.98 Å². The number of piperidine rings is 1. The van der Waals surface area contributed by atoms with Gasteiger partial charge in [-0.1, -0.05) is 18.2 Å². The fourth-order valence-corrected chi connectivity index (χ4v) is 3.52. The average molecular weight is 349 g/mol. The summed E-state index contributed by atoms with van der Waals surface area (Å²) in [6, 6.07) is 10.2. The summed E-state index contributed by atoms with van der Waals surface area (Å²) >= 11 is 0. The molecule has 0 aliphatic carbocycles. The fourth-order valence-electron chi connectivity index (χ4n) is 3.52. The lowest BCUT2D eigenvalue weighted by Crippen LogP contribution is -2.38. The highest BCUT2D eigenvalue weighted by Crippen LogP contribution is 2.22. The number of β-amino-alcohol motifs (C(OH)–C–C–N with tert-alkyl or cyclic N) is 1. The molecular weight excluding hydrogens is 326 g/mol. The van der Waals surface area contributed by atoms with Gasteiger partial charge in [0.25, 0.3) is 0 Å². The molecule has 134 valence electrons. The van der Waals surface area contributed by atoms with Gasteiger partial charge in [0, 0.05) is 50.7 Å². The van der Waals surface area contributed by atoms with Gasteiger partial charge in [0.05, 0.1) is 6.10 Å². The summed E-state index contributed by atoms with van der Waals surface area (Å²) in [4.78, 5) is 17.6. The van der Waals surface area contributed by atoms with Crippen molar-refractivity contribution in [1.29, 1.82) is 0 Å². The van der Waals surface area contributed by atoms with Crippen molar-refractivity contribution >= 4 is 22.5 Å². The van der Waals surface area contributed by atoms with E-state index in [9.17, 15) is 5.11 Å². The van der Waals surface area contributed by atoms with Crippen molar-refractivity contribution in [3.8, 4) is 0 Å². The third kappa shape index (κ3) is 3.46. The number of aromatic nitrogens is 3. The minimum Gasteiger partial charge on any atom is -0.391 e. The molecule has 6 heteroatoms. The van der Waals surface area contributed by atoms with Crippen LogP contribution in [-0.2, 0) is 6.54 Å². The second-order valence-electron chi connectivity index (χ2n) is 6.83. The molecule has 1 atom stereocenters. The molecule has 1 aromatic carbocycles. The lowest BCUT2D eigenvalue weighted by atomic mass is 10.1. The van der Waals surface area contributed by atoms with Crippen LogP contribution in [0.15, 0.2) is 48.9 Å². The van der Waals surface area contributed by atoms with E-state index in [2.05, 4.69) is 38.0 Å². The summed E-state index contributed by atoms with van der Waals surface area (Å²) in [6.45, 7) is 2.28. The minimum absolute atomic E-state index is 0.274. The van der Waals surface area contributed by atoms with E-state index in [1.807, 2.05) is 31.6 Å². The van der Waals surface area contributed by atoms with Gasteiger partial charge in [0.2, 0.25) is 5.95 Å². The number of hydrogen-bond acceptors (Lipinski definition) is 6. The normalized spacial score (nSPS) is 17.5. The molecule has 6 nitrogen and oxygen atoms in total. The maximum absolute atomic E-state index is 9.91. The van der Waals surface area contributed by atoms with Gasteiger partial charge >= 0.3 is 0 Å². The molecule has 26 heavy (non-hydrogen) atoms. The third-order valence-corrected chi connectivity index (χ3v) is 4.87. The lowest BCUT2D eigenvalue weighted by molar-refractivity contribution is 0.154. The van der Waals surface area contributed by atoms with Crippen LogP contribution in [0.5, 0.6) is 0 Å². The SMILES string of the molecule is CN(Cc1cccc2cnccc12)c1nccc(N2CCCC(O)C2)n1. The van der Waals surface area contributed by atoms with E-state index in [4.69, 9.17) is 4.98 Å².